The Bertz CT molecular complexity index is 894. The molecule has 1 aromatic heterocycles. The topological polar surface area (TPSA) is 66.6 Å². The van der Waals surface area contributed by atoms with Gasteiger partial charge < -0.3 is 15.5 Å². The van der Waals surface area contributed by atoms with Gasteiger partial charge >= 0.3 is 0 Å². The Morgan fingerprint density at radius 2 is 1.72 bits per heavy atom. The summed E-state index contributed by atoms with van der Waals surface area (Å²) >= 11 is 1.33. The number of primary amides is 1. The number of carbonyl (C=O) groups excluding carboxylic acids is 2. The standard InChI is InChI=1S/C23H29N3O2S/c1-15-20(16(2)29-21(15)22(24)27)23(28)26-13-18-11-25(12-19(18)14-26)10-6-9-17-7-4-3-5-8-17/h3-5,7-8,18-19H,6,9-14H2,1-2H3,(H2,24,27)/t18-,19?/m0/s1. The molecule has 3 heterocycles. The molecule has 2 atom stereocenters. The van der Waals surface area contributed by atoms with E-state index in [1.165, 1.54) is 23.3 Å². The van der Waals surface area contributed by atoms with E-state index >= 15 is 0 Å². The van der Waals surface area contributed by atoms with Crippen molar-refractivity contribution < 1.29 is 9.59 Å². The van der Waals surface area contributed by atoms with Crippen LogP contribution in [0, 0.1) is 25.7 Å². The van der Waals surface area contributed by atoms with E-state index in [0.29, 0.717) is 22.3 Å². The van der Waals surface area contributed by atoms with Gasteiger partial charge in [0.05, 0.1) is 10.4 Å². The minimum atomic E-state index is -0.445. The Morgan fingerprint density at radius 3 is 2.31 bits per heavy atom. The maximum absolute atomic E-state index is 13.1. The van der Waals surface area contributed by atoms with Gasteiger partial charge in [-0.15, -0.1) is 11.3 Å². The van der Waals surface area contributed by atoms with Crippen molar-refractivity contribution in [2.75, 3.05) is 32.7 Å². The average molecular weight is 412 g/mol. The summed E-state index contributed by atoms with van der Waals surface area (Å²) in [5.74, 6) is 0.740. The second kappa shape index (κ2) is 8.28. The number of amides is 2. The molecule has 2 aromatic rings. The molecule has 6 heteroatoms. The number of rotatable bonds is 6. The number of carbonyl (C=O) groups is 2. The van der Waals surface area contributed by atoms with Crippen molar-refractivity contribution >= 4 is 23.2 Å². The van der Waals surface area contributed by atoms with Crippen LogP contribution in [0.15, 0.2) is 30.3 Å². The lowest BCUT2D eigenvalue weighted by Crippen LogP contribution is -2.34. The van der Waals surface area contributed by atoms with Crippen LogP contribution in [0.25, 0.3) is 0 Å². The molecule has 2 fully saturated rings. The van der Waals surface area contributed by atoms with Gasteiger partial charge in [0.25, 0.3) is 11.8 Å². The summed E-state index contributed by atoms with van der Waals surface area (Å²) in [6.07, 6.45) is 2.30. The number of fused-ring (bicyclic) bond motifs is 1. The number of likely N-dealkylation sites (tertiary alicyclic amines) is 2. The normalized spacial score (nSPS) is 21.5. The molecule has 1 aromatic carbocycles. The number of nitrogens with two attached hydrogens (primary N) is 1. The van der Waals surface area contributed by atoms with E-state index in [9.17, 15) is 9.59 Å². The predicted molar refractivity (Wildman–Crippen MR) is 116 cm³/mol. The molecule has 5 nitrogen and oxygen atoms in total. The minimum absolute atomic E-state index is 0.0637. The first-order valence-corrected chi connectivity index (χ1v) is 11.2. The van der Waals surface area contributed by atoms with Crippen LogP contribution in [0.4, 0.5) is 0 Å². The van der Waals surface area contributed by atoms with E-state index < -0.39 is 5.91 Å². The molecule has 4 rings (SSSR count). The lowest BCUT2D eigenvalue weighted by molar-refractivity contribution is 0.0773. The fourth-order valence-corrected chi connectivity index (χ4v) is 5.96. The molecule has 1 unspecified atom stereocenters. The van der Waals surface area contributed by atoms with E-state index in [1.54, 1.807) is 0 Å². The molecule has 0 saturated carbocycles. The van der Waals surface area contributed by atoms with Crippen LogP contribution >= 0.6 is 11.3 Å². The van der Waals surface area contributed by atoms with E-state index in [-0.39, 0.29) is 5.91 Å². The molecule has 0 aliphatic carbocycles. The number of thiophene rings is 1. The van der Waals surface area contributed by atoms with E-state index in [4.69, 9.17) is 5.73 Å². The maximum atomic E-state index is 13.1. The zero-order chi connectivity index (χ0) is 20.5. The first-order valence-electron chi connectivity index (χ1n) is 10.4. The summed E-state index contributed by atoms with van der Waals surface area (Å²) in [6.45, 7) is 8.67. The number of hydrogen-bond donors (Lipinski definition) is 1. The first-order chi connectivity index (χ1) is 13.9. The molecular formula is C23H29N3O2S. The highest BCUT2D eigenvalue weighted by atomic mass is 32.1. The van der Waals surface area contributed by atoms with Gasteiger partial charge in [-0.3, -0.25) is 9.59 Å². The summed E-state index contributed by atoms with van der Waals surface area (Å²) in [5.41, 5.74) is 8.29. The molecule has 29 heavy (non-hydrogen) atoms. The van der Waals surface area contributed by atoms with Crippen molar-refractivity contribution in [1.82, 2.24) is 9.80 Å². The van der Waals surface area contributed by atoms with Crippen LogP contribution in [-0.4, -0.2) is 54.3 Å². The molecule has 2 N–H and O–H groups in total. The Kier molecular flexibility index (Phi) is 5.74. The Hall–Kier alpha value is -2.18. The molecule has 0 bridgehead atoms. The Morgan fingerprint density at radius 1 is 1.07 bits per heavy atom. The van der Waals surface area contributed by atoms with Gasteiger partial charge in [0.15, 0.2) is 0 Å². The minimum Gasteiger partial charge on any atom is -0.365 e. The third-order valence-corrected chi connectivity index (χ3v) is 7.61. The fourth-order valence-electron chi connectivity index (χ4n) is 4.95. The fraction of sp³-hybridized carbons (Fsp3) is 0.478. The highest BCUT2D eigenvalue weighted by Crippen LogP contribution is 2.34. The van der Waals surface area contributed by atoms with Crippen LogP contribution in [0.3, 0.4) is 0 Å². The Balaban J connectivity index is 1.31. The number of hydrogen-bond acceptors (Lipinski definition) is 4. The highest BCUT2D eigenvalue weighted by molar-refractivity contribution is 7.14. The van der Waals surface area contributed by atoms with Gasteiger partial charge in [-0.1, -0.05) is 30.3 Å². The number of benzene rings is 1. The second-order valence-electron chi connectivity index (χ2n) is 8.43. The van der Waals surface area contributed by atoms with Crippen LogP contribution in [-0.2, 0) is 6.42 Å². The monoisotopic (exact) mass is 411 g/mol. The Labute approximate surface area is 176 Å². The smallest absolute Gasteiger partial charge is 0.259 e. The van der Waals surface area contributed by atoms with Crippen LogP contribution < -0.4 is 5.73 Å². The predicted octanol–water partition coefficient (Wildman–Crippen LogP) is 3.10. The van der Waals surface area contributed by atoms with E-state index in [0.717, 1.165) is 49.6 Å². The van der Waals surface area contributed by atoms with Crippen LogP contribution in [0.2, 0.25) is 0 Å². The van der Waals surface area contributed by atoms with Crippen molar-refractivity contribution in [1.29, 1.82) is 0 Å². The number of nitrogens with zero attached hydrogens (tertiary/aromatic N) is 2. The summed E-state index contributed by atoms with van der Waals surface area (Å²) < 4.78 is 0. The van der Waals surface area contributed by atoms with E-state index in [1.807, 2.05) is 18.7 Å². The molecule has 2 amide bonds. The second-order valence-corrected chi connectivity index (χ2v) is 9.66. The van der Waals surface area contributed by atoms with Gasteiger partial charge in [-0.2, -0.15) is 0 Å². The van der Waals surface area contributed by atoms with Crippen molar-refractivity contribution in [3.8, 4) is 0 Å². The lowest BCUT2D eigenvalue weighted by atomic mass is 10.0. The zero-order valence-corrected chi connectivity index (χ0v) is 18.0. The number of aryl methyl sites for hydroxylation is 2. The SMILES string of the molecule is Cc1sc(C(N)=O)c(C)c1C(=O)N1CC2CN(CCCc3ccccc3)C[C@H]2C1. The van der Waals surface area contributed by atoms with Gasteiger partial charge in [0, 0.05) is 31.1 Å². The summed E-state index contributed by atoms with van der Waals surface area (Å²) in [5, 5.41) is 0. The molecule has 2 aliphatic heterocycles. The van der Waals surface area contributed by atoms with Crippen molar-refractivity contribution in [2.45, 2.75) is 26.7 Å². The third-order valence-electron chi connectivity index (χ3n) is 6.39. The van der Waals surface area contributed by atoms with Crippen LogP contribution in [0.5, 0.6) is 0 Å². The molecule has 2 aliphatic rings. The maximum Gasteiger partial charge on any atom is 0.259 e. The summed E-state index contributed by atoms with van der Waals surface area (Å²) in [6, 6.07) is 10.7. The van der Waals surface area contributed by atoms with Gasteiger partial charge in [0.1, 0.15) is 0 Å². The molecule has 2 saturated heterocycles. The first kappa shape index (κ1) is 20.1. The van der Waals surface area contributed by atoms with Gasteiger partial charge in [0.2, 0.25) is 0 Å². The van der Waals surface area contributed by atoms with Gasteiger partial charge in [-0.25, -0.2) is 0 Å². The largest absolute Gasteiger partial charge is 0.365 e. The molecule has 0 spiro atoms. The molecule has 154 valence electrons. The van der Waals surface area contributed by atoms with Gasteiger partial charge in [-0.05, 0) is 56.2 Å². The lowest BCUT2D eigenvalue weighted by Gasteiger charge is -2.22. The highest BCUT2D eigenvalue weighted by Gasteiger charge is 2.42. The zero-order valence-electron chi connectivity index (χ0n) is 17.2. The van der Waals surface area contributed by atoms with Crippen LogP contribution in [0.1, 0.15) is 42.5 Å². The van der Waals surface area contributed by atoms with Crippen molar-refractivity contribution in [3.63, 3.8) is 0 Å². The quantitative estimate of drug-likeness (QED) is 0.794. The third kappa shape index (κ3) is 4.09. The van der Waals surface area contributed by atoms with Crippen molar-refractivity contribution in [2.24, 2.45) is 17.6 Å². The molecule has 0 radical (unpaired) electrons. The van der Waals surface area contributed by atoms with Crippen molar-refractivity contribution in [3.05, 3.63) is 56.8 Å². The molecular weight excluding hydrogens is 382 g/mol. The summed E-state index contributed by atoms with van der Waals surface area (Å²) in [4.78, 5) is 30.7. The average Bonchev–Trinajstić information content (AvgIpc) is 3.33. The van der Waals surface area contributed by atoms with E-state index in [2.05, 4.69) is 35.2 Å². The summed E-state index contributed by atoms with van der Waals surface area (Å²) in [7, 11) is 0.